The summed E-state index contributed by atoms with van der Waals surface area (Å²) in [5.41, 5.74) is 0.606. The molecular formula is C15H19BrF2N2. The number of nitrogens with one attached hydrogen (secondary N) is 1. The second-order valence-electron chi connectivity index (χ2n) is 5.91. The average molecular weight is 345 g/mol. The Bertz CT molecular complexity index is 472. The Kier molecular flexibility index (Phi) is 4.00. The van der Waals surface area contributed by atoms with Crippen LogP contribution in [0.25, 0.3) is 0 Å². The number of benzene rings is 1. The predicted octanol–water partition coefficient (Wildman–Crippen LogP) is 3.84. The molecule has 1 N–H and O–H groups in total. The van der Waals surface area contributed by atoms with Crippen molar-refractivity contribution in [2.24, 2.45) is 0 Å². The van der Waals surface area contributed by atoms with E-state index in [2.05, 4.69) is 26.1 Å². The second kappa shape index (κ2) is 5.60. The fourth-order valence-corrected chi connectivity index (χ4v) is 4.21. The van der Waals surface area contributed by atoms with E-state index in [9.17, 15) is 8.78 Å². The van der Waals surface area contributed by atoms with Crippen molar-refractivity contribution in [3.05, 3.63) is 28.2 Å². The molecule has 5 heteroatoms. The zero-order chi connectivity index (χ0) is 14.2. The van der Waals surface area contributed by atoms with Gasteiger partial charge in [-0.15, -0.1) is 0 Å². The number of hydrogen-bond acceptors (Lipinski definition) is 2. The van der Waals surface area contributed by atoms with E-state index in [0.717, 1.165) is 38.5 Å². The minimum atomic E-state index is -0.541. The van der Waals surface area contributed by atoms with Crippen LogP contribution in [0.3, 0.4) is 0 Å². The normalized spacial score (nSPS) is 22.2. The molecule has 2 aliphatic rings. The molecule has 0 amide bonds. The summed E-state index contributed by atoms with van der Waals surface area (Å²) in [7, 11) is 0. The van der Waals surface area contributed by atoms with Crippen molar-refractivity contribution in [1.82, 2.24) is 5.32 Å². The largest absolute Gasteiger partial charge is 0.365 e. The van der Waals surface area contributed by atoms with E-state index in [1.807, 2.05) is 0 Å². The van der Waals surface area contributed by atoms with E-state index in [-0.39, 0.29) is 5.54 Å². The van der Waals surface area contributed by atoms with E-state index in [1.54, 1.807) is 0 Å². The summed E-state index contributed by atoms with van der Waals surface area (Å²) < 4.78 is 27.8. The number of nitrogens with zero attached hydrogens (tertiary/aromatic N) is 1. The maximum Gasteiger partial charge on any atom is 0.150 e. The van der Waals surface area contributed by atoms with E-state index in [1.165, 1.54) is 25.3 Å². The third kappa shape index (κ3) is 2.70. The Morgan fingerprint density at radius 2 is 1.90 bits per heavy atom. The van der Waals surface area contributed by atoms with Crippen LogP contribution < -0.4 is 10.2 Å². The molecule has 3 rings (SSSR count). The van der Waals surface area contributed by atoms with Crippen molar-refractivity contribution in [2.75, 3.05) is 24.5 Å². The summed E-state index contributed by atoms with van der Waals surface area (Å²) in [6, 6.07) is 2.31. The third-order valence-electron chi connectivity index (χ3n) is 4.48. The second-order valence-corrected chi connectivity index (χ2v) is 6.76. The Labute approximate surface area is 126 Å². The zero-order valence-electron chi connectivity index (χ0n) is 11.4. The lowest BCUT2D eigenvalue weighted by atomic mass is 9.80. The van der Waals surface area contributed by atoms with Crippen LogP contribution in [-0.2, 0) is 0 Å². The summed E-state index contributed by atoms with van der Waals surface area (Å²) in [6.07, 6.45) is 6.04. The quantitative estimate of drug-likeness (QED) is 0.832. The molecule has 0 aromatic heterocycles. The molecule has 0 unspecified atom stereocenters. The molecule has 0 radical (unpaired) electrons. The Morgan fingerprint density at radius 3 is 2.60 bits per heavy atom. The van der Waals surface area contributed by atoms with E-state index in [0.29, 0.717) is 10.2 Å². The van der Waals surface area contributed by atoms with Gasteiger partial charge in [0.15, 0.2) is 5.82 Å². The number of anilines is 1. The van der Waals surface area contributed by atoms with Crippen LogP contribution in [0.5, 0.6) is 0 Å². The van der Waals surface area contributed by atoms with Crippen molar-refractivity contribution in [3.8, 4) is 0 Å². The van der Waals surface area contributed by atoms with E-state index >= 15 is 0 Å². The first-order chi connectivity index (χ1) is 9.60. The van der Waals surface area contributed by atoms with Crippen molar-refractivity contribution in [1.29, 1.82) is 0 Å². The highest BCUT2D eigenvalue weighted by Crippen LogP contribution is 2.36. The van der Waals surface area contributed by atoms with Crippen LogP contribution in [-0.4, -0.2) is 25.2 Å². The Morgan fingerprint density at radius 1 is 1.15 bits per heavy atom. The molecule has 1 aliphatic heterocycles. The van der Waals surface area contributed by atoms with Gasteiger partial charge in [0.1, 0.15) is 5.82 Å². The van der Waals surface area contributed by atoms with Gasteiger partial charge in [-0.2, -0.15) is 0 Å². The minimum Gasteiger partial charge on any atom is -0.365 e. The van der Waals surface area contributed by atoms with Crippen molar-refractivity contribution >= 4 is 21.6 Å². The number of hydrogen-bond donors (Lipinski definition) is 1. The number of piperazine rings is 1. The van der Waals surface area contributed by atoms with Gasteiger partial charge < -0.3 is 10.2 Å². The molecule has 2 fully saturated rings. The van der Waals surface area contributed by atoms with Gasteiger partial charge in [-0.25, -0.2) is 8.78 Å². The van der Waals surface area contributed by atoms with Crippen LogP contribution >= 0.6 is 15.9 Å². The highest BCUT2D eigenvalue weighted by atomic mass is 79.9. The van der Waals surface area contributed by atoms with Gasteiger partial charge in [0.25, 0.3) is 0 Å². The van der Waals surface area contributed by atoms with Gasteiger partial charge in [0, 0.05) is 35.7 Å². The summed E-state index contributed by atoms with van der Waals surface area (Å²) in [6.45, 7) is 2.40. The zero-order valence-corrected chi connectivity index (χ0v) is 13.0. The van der Waals surface area contributed by atoms with Crippen LogP contribution in [0.4, 0.5) is 14.5 Å². The molecule has 0 atom stereocenters. The minimum absolute atomic E-state index is 0.108. The van der Waals surface area contributed by atoms with E-state index < -0.39 is 11.6 Å². The molecule has 20 heavy (non-hydrogen) atoms. The van der Waals surface area contributed by atoms with Crippen LogP contribution in [0.15, 0.2) is 16.6 Å². The van der Waals surface area contributed by atoms with Crippen molar-refractivity contribution < 1.29 is 8.78 Å². The number of halogens is 3. The Hall–Kier alpha value is -0.680. The standard InChI is InChI=1S/C15H19BrF2N2/c16-12-8-11(17)9-13(18)14(12)20-7-6-19-15(10-20)4-2-1-3-5-15/h8-9,19H,1-7,10H2. The van der Waals surface area contributed by atoms with Crippen molar-refractivity contribution in [2.45, 2.75) is 37.6 Å². The topological polar surface area (TPSA) is 15.3 Å². The molecule has 1 saturated carbocycles. The first kappa shape index (κ1) is 14.3. The smallest absolute Gasteiger partial charge is 0.150 e. The predicted molar refractivity (Wildman–Crippen MR) is 80.1 cm³/mol. The molecule has 1 aromatic rings. The monoisotopic (exact) mass is 344 g/mol. The lowest BCUT2D eigenvalue weighted by molar-refractivity contribution is 0.215. The Balaban J connectivity index is 1.87. The summed E-state index contributed by atoms with van der Waals surface area (Å²) >= 11 is 3.30. The van der Waals surface area contributed by atoms with Gasteiger partial charge in [-0.1, -0.05) is 19.3 Å². The van der Waals surface area contributed by atoms with Gasteiger partial charge in [0.2, 0.25) is 0 Å². The first-order valence-corrected chi connectivity index (χ1v) is 8.03. The maximum atomic E-state index is 14.1. The summed E-state index contributed by atoms with van der Waals surface area (Å²) in [5.74, 6) is -1.02. The molecular weight excluding hydrogens is 326 g/mol. The van der Waals surface area contributed by atoms with Gasteiger partial charge in [-0.3, -0.25) is 0 Å². The molecule has 0 bridgehead atoms. The SMILES string of the molecule is Fc1cc(F)c(N2CCNC3(CCCCC3)C2)c(Br)c1. The van der Waals surface area contributed by atoms with Crippen LogP contribution in [0.2, 0.25) is 0 Å². The molecule has 1 heterocycles. The molecule has 1 spiro atoms. The summed E-state index contributed by atoms with van der Waals surface area (Å²) in [5, 5.41) is 3.63. The molecule has 110 valence electrons. The molecule has 2 nitrogen and oxygen atoms in total. The molecule has 1 aliphatic carbocycles. The third-order valence-corrected chi connectivity index (χ3v) is 5.09. The van der Waals surface area contributed by atoms with Gasteiger partial charge >= 0.3 is 0 Å². The van der Waals surface area contributed by atoms with Crippen LogP contribution in [0, 0.1) is 11.6 Å². The lowest BCUT2D eigenvalue weighted by Crippen LogP contribution is -2.61. The van der Waals surface area contributed by atoms with E-state index in [4.69, 9.17) is 0 Å². The molecule has 1 saturated heterocycles. The van der Waals surface area contributed by atoms with Gasteiger partial charge in [0.05, 0.1) is 5.69 Å². The highest BCUT2D eigenvalue weighted by Gasteiger charge is 2.37. The fourth-order valence-electron chi connectivity index (χ4n) is 3.55. The van der Waals surface area contributed by atoms with Crippen LogP contribution in [0.1, 0.15) is 32.1 Å². The highest BCUT2D eigenvalue weighted by molar-refractivity contribution is 9.10. The van der Waals surface area contributed by atoms with Crippen molar-refractivity contribution in [3.63, 3.8) is 0 Å². The molecule has 1 aromatic carbocycles. The fraction of sp³-hybridized carbons (Fsp3) is 0.600. The maximum absolute atomic E-state index is 14.1. The first-order valence-electron chi connectivity index (χ1n) is 7.24. The lowest BCUT2D eigenvalue weighted by Gasteiger charge is -2.47. The number of rotatable bonds is 1. The summed E-state index contributed by atoms with van der Waals surface area (Å²) in [4.78, 5) is 2.06. The average Bonchev–Trinajstić information content (AvgIpc) is 2.38. The van der Waals surface area contributed by atoms with Gasteiger partial charge in [-0.05, 0) is 34.8 Å².